The van der Waals surface area contributed by atoms with Gasteiger partial charge in [0.1, 0.15) is 5.84 Å². The van der Waals surface area contributed by atoms with Crippen molar-refractivity contribution in [3.8, 4) is 0 Å². The first-order valence-electron chi connectivity index (χ1n) is 5.69. The predicted octanol–water partition coefficient (Wildman–Crippen LogP) is 0.268. The van der Waals surface area contributed by atoms with Crippen molar-refractivity contribution in [2.45, 2.75) is 32.7 Å². The first-order chi connectivity index (χ1) is 7.82. The van der Waals surface area contributed by atoms with Crippen molar-refractivity contribution < 1.29 is 13.6 Å². The number of hydrogen-bond donors (Lipinski definition) is 2. The summed E-state index contributed by atoms with van der Waals surface area (Å²) < 4.78 is 23.0. The van der Waals surface area contributed by atoms with Gasteiger partial charge < -0.3 is 15.8 Å². The molecule has 0 aromatic heterocycles. The van der Waals surface area contributed by atoms with Crippen molar-refractivity contribution >= 4 is 15.7 Å². The Labute approximate surface area is 103 Å². The van der Waals surface area contributed by atoms with Crippen LogP contribution in [-0.4, -0.2) is 55.5 Å². The maximum absolute atomic E-state index is 11.5. The number of nitrogens with zero attached hydrogens (tertiary/aromatic N) is 2. The van der Waals surface area contributed by atoms with Crippen molar-refractivity contribution in [1.29, 1.82) is 0 Å². The third-order valence-corrected chi connectivity index (χ3v) is 4.49. The second-order valence-corrected chi connectivity index (χ2v) is 6.58. The van der Waals surface area contributed by atoms with E-state index in [0.29, 0.717) is 19.4 Å². The molecular weight excluding hydrogens is 242 g/mol. The van der Waals surface area contributed by atoms with Crippen LogP contribution in [0.25, 0.3) is 0 Å². The van der Waals surface area contributed by atoms with E-state index < -0.39 is 9.84 Å². The third kappa shape index (κ3) is 7.17. The molecule has 0 saturated carbocycles. The standard InChI is InChI=1S/C10H23N3O3S/c1-4-6-17(15,16)7-5-13(3)9(2)8-10(11)12-14/h9,14H,4-8H2,1-3H3,(H2,11,12). The zero-order chi connectivity index (χ0) is 13.5. The fourth-order valence-corrected chi connectivity index (χ4v) is 2.81. The summed E-state index contributed by atoms with van der Waals surface area (Å²) in [6, 6.07) is 0.0442. The summed E-state index contributed by atoms with van der Waals surface area (Å²) in [6.07, 6.45) is 1.06. The molecule has 0 aliphatic carbocycles. The fraction of sp³-hybridized carbons (Fsp3) is 0.900. The summed E-state index contributed by atoms with van der Waals surface area (Å²) in [6.45, 7) is 4.22. The van der Waals surface area contributed by atoms with Gasteiger partial charge >= 0.3 is 0 Å². The van der Waals surface area contributed by atoms with Crippen LogP contribution in [0.4, 0.5) is 0 Å². The summed E-state index contributed by atoms with van der Waals surface area (Å²) >= 11 is 0. The highest BCUT2D eigenvalue weighted by atomic mass is 32.2. The smallest absolute Gasteiger partial charge is 0.151 e. The first kappa shape index (κ1) is 16.2. The van der Waals surface area contributed by atoms with Crippen molar-refractivity contribution in [2.24, 2.45) is 10.9 Å². The van der Waals surface area contributed by atoms with E-state index in [1.54, 1.807) is 0 Å². The Morgan fingerprint density at radius 1 is 1.47 bits per heavy atom. The molecule has 0 fully saturated rings. The Morgan fingerprint density at radius 2 is 2.06 bits per heavy atom. The van der Waals surface area contributed by atoms with E-state index in [0.717, 1.165) is 0 Å². The normalized spacial score (nSPS) is 15.2. The van der Waals surface area contributed by atoms with Crippen molar-refractivity contribution in [1.82, 2.24) is 4.90 Å². The zero-order valence-corrected chi connectivity index (χ0v) is 11.6. The molecule has 0 aliphatic rings. The molecule has 0 aromatic rings. The van der Waals surface area contributed by atoms with Crippen LogP contribution >= 0.6 is 0 Å². The number of nitrogens with two attached hydrogens (primary N) is 1. The second kappa shape index (κ2) is 7.50. The van der Waals surface area contributed by atoms with E-state index >= 15 is 0 Å². The van der Waals surface area contributed by atoms with Crippen molar-refractivity contribution in [3.05, 3.63) is 0 Å². The van der Waals surface area contributed by atoms with Gasteiger partial charge in [0, 0.05) is 24.8 Å². The monoisotopic (exact) mass is 265 g/mol. The van der Waals surface area contributed by atoms with Crippen LogP contribution in [0.2, 0.25) is 0 Å². The molecule has 1 unspecified atom stereocenters. The lowest BCUT2D eigenvalue weighted by atomic mass is 10.2. The highest BCUT2D eigenvalue weighted by molar-refractivity contribution is 7.91. The molecule has 0 spiro atoms. The quantitative estimate of drug-likeness (QED) is 0.284. The van der Waals surface area contributed by atoms with E-state index in [1.165, 1.54) is 0 Å². The van der Waals surface area contributed by atoms with Crippen LogP contribution in [0, 0.1) is 0 Å². The number of hydrogen-bond acceptors (Lipinski definition) is 5. The van der Waals surface area contributed by atoms with Gasteiger partial charge in [0.2, 0.25) is 0 Å². The van der Waals surface area contributed by atoms with E-state index in [4.69, 9.17) is 10.9 Å². The molecule has 0 amide bonds. The molecule has 7 heteroatoms. The lowest BCUT2D eigenvalue weighted by Gasteiger charge is -2.23. The van der Waals surface area contributed by atoms with E-state index in [2.05, 4.69) is 5.16 Å². The van der Waals surface area contributed by atoms with E-state index in [-0.39, 0.29) is 23.4 Å². The number of amidine groups is 1. The maximum atomic E-state index is 11.5. The summed E-state index contributed by atoms with van der Waals surface area (Å²) in [7, 11) is -1.12. The van der Waals surface area contributed by atoms with Crippen molar-refractivity contribution in [3.63, 3.8) is 0 Å². The Hall–Kier alpha value is -0.820. The average molecular weight is 265 g/mol. The third-order valence-electron chi connectivity index (χ3n) is 2.66. The number of rotatable bonds is 8. The Morgan fingerprint density at radius 3 is 2.53 bits per heavy atom. The summed E-state index contributed by atoms with van der Waals surface area (Å²) in [4.78, 5) is 1.89. The molecule has 0 aliphatic heterocycles. The minimum atomic E-state index is -2.95. The van der Waals surface area contributed by atoms with Crippen LogP contribution in [0.1, 0.15) is 26.7 Å². The van der Waals surface area contributed by atoms with Gasteiger partial charge in [-0.3, -0.25) is 0 Å². The van der Waals surface area contributed by atoms with E-state index in [1.807, 2.05) is 25.8 Å². The van der Waals surface area contributed by atoms with Crippen LogP contribution in [-0.2, 0) is 9.84 Å². The van der Waals surface area contributed by atoms with Crippen LogP contribution in [0.15, 0.2) is 5.16 Å². The molecule has 1 atom stereocenters. The summed E-state index contributed by atoms with van der Waals surface area (Å²) in [5.41, 5.74) is 5.40. The summed E-state index contributed by atoms with van der Waals surface area (Å²) in [5.74, 6) is 0.536. The SMILES string of the molecule is CCCS(=O)(=O)CCN(C)C(C)CC(N)=NO. The zero-order valence-electron chi connectivity index (χ0n) is 10.8. The molecule has 0 saturated heterocycles. The lowest BCUT2D eigenvalue weighted by Crippen LogP contribution is -2.36. The summed E-state index contributed by atoms with van der Waals surface area (Å²) in [5, 5.41) is 11.3. The molecule has 0 heterocycles. The van der Waals surface area contributed by atoms with Gasteiger partial charge in [-0.05, 0) is 20.4 Å². The van der Waals surface area contributed by atoms with Crippen LogP contribution < -0.4 is 5.73 Å². The Balaban J connectivity index is 4.14. The number of oxime groups is 1. The first-order valence-corrected chi connectivity index (χ1v) is 7.51. The molecule has 0 aromatic carbocycles. The highest BCUT2D eigenvalue weighted by Gasteiger charge is 2.15. The second-order valence-electron chi connectivity index (χ2n) is 4.28. The number of sulfone groups is 1. The molecular formula is C10H23N3O3S. The van der Waals surface area contributed by atoms with E-state index in [9.17, 15) is 8.42 Å². The predicted molar refractivity (Wildman–Crippen MR) is 69.1 cm³/mol. The van der Waals surface area contributed by atoms with Gasteiger partial charge in [0.15, 0.2) is 9.84 Å². The molecule has 0 bridgehead atoms. The molecule has 0 rings (SSSR count). The molecule has 0 radical (unpaired) electrons. The largest absolute Gasteiger partial charge is 0.409 e. The fourth-order valence-electron chi connectivity index (χ4n) is 1.42. The van der Waals surface area contributed by atoms with Gasteiger partial charge in [-0.1, -0.05) is 12.1 Å². The van der Waals surface area contributed by atoms with Gasteiger partial charge in [0.25, 0.3) is 0 Å². The molecule has 17 heavy (non-hydrogen) atoms. The Bertz CT molecular complexity index is 341. The topological polar surface area (TPSA) is 96.0 Å². The lowest BCUT2D eigenvalue weighted by molar-refractivity contribution is 0.271. The molecule has 3 N–H and O–H groups in total. The average Bonchev–Trinajstić information content (AvgIpc) is 2.25. The minimum absolute atomic E-state index is 0.0442. The molecule has 102 valence electrons. The minimum Gasteiger partial charge on any atom is -0.409 e. The van der Waals surface area contributed by atoms with Crippen LogP contribution in [0.5, 0.6) is 0 Å². The highest BCUT2D eigenvalue weighted by Crippen LogP contribution is 2.02. The molecule has 6 nitrogen and oxygen atoms in total. The maximum Gasteiger partial charge on any atom is 0.151 e. The van der Waals surface area contributed by atoms with Crippen molar-refractivity contribution in [2.75, 3.05) is 25.1 Å². The van der Waals surface area contributed by atoms with Gasteiger partial charge in [-0.25, -0.2) is 8.42 Å². The van der Waals surface area contributed by atoms with Crippen LogP contribution in [0.3, 0.4) is 0 Å². The van der Waals surface area contributed by atoms with Gasteiger partial charge in [-0.15, -0.1) is 0 Å². The van der Waals surface area contributed by atoms with Gasteiger partial charge in [-0.2, -0.15) is 0 Å². The Kier molecular flexibility index (Phi) is 7.13. The van der Waals surface area contributed by atoms with Gasteiger partial charge in [0.05, 0.1) is 5.75 Å².